The van der Waals surface area contributed by atoms with Crippen molar-refractivity contribution in [1.29, 1.82) is 0 Å². The number of hydrogen-bond donors (Lipinski definition) is 2. The maximum Gasteiger partial charge on any atom is 0.305 e. The Labute approximate surface area is 142 Å². The molecule has 2 aromatic rings. The van der Waals surface area contributed by atoms with Gasteiger partial charge in [-0.15, -0.1) is 0 Å². The van der Waals surface area contributed by atoms with E-state index >= 15 is 0 Å². The maximum absolute atomic E-state index is 12.4. The molecule has 1 aliphatic heterocycles. The van der Waals surface area contributed by atoms with Crippen LogP contribution in [-0.2, 0) is 9.53 Å². The first-order valence-corrected chi connectivity index (χ1v) is 7.70. The van der Waals surface area contributed by atoms with Crippen LogP contribution in [0.2, 0.25) is 5.02 Å². The maximum atomic E-state index is 12.4. The number of halogens is 1. The Morgan fingerprint density at radius 2 is 2.08 bits per heavy atom. The highest BCUT2D eigenvalue weighted by Gasteiger charge is 2.39. The van der Waals surface area contributed by atoms with Gasteiger partial charge in [0.2, 0.25) is 0 Å². The molecule has 1 amide bonds. The molecule has 1 aliphatic rings. The molecule has 1 aromatic heterocycles. The molecule has 0 bridgehead atoms. The van der Waals surface area contributed by atoms with E-state index in [1.165, 1.54) is 6.07 Å². The number of amides is 1. The molecule has 0 saturated carbocycles. The van der Waals surface area contributed by atoms with Gasteiger partial charge in [-0.05, 0) is 30.7 Å². The van der Waals surface area contributed by atoms with Gasteiger partial charge in [0, 0.05) is 23.3 Å². The van der Waals surface area contributed by atoms with Gasteiger partial charge in [-0.1, -0.05) is 16.8 Å². The Hall–Kier alpha value is -2.38. The zero-order chi connectivity index (χ0) is 17.2. The van der Waals surface area contributed by atoms with Crippen LogP contribution in [0.3, 0.4) is 0 Å². The summed E-state index contributed by atoms with van der Waals surface area (Å²) in [5.74, 6) is -1.07. The molecule has 0 aliphatic carbocycles. The molecule has 0 spiro atoms. The first kappa shape index (κ1) is 16.5. The molecule has 1 unspecified atom stereocenters. The van der Waals surface area contributed by atoms with Crippen LogP contribution in [0.1, 0.15) is 23.3 Å². The van der Waals surface area contributed by atoms with Crippen LogP contribution in [0.15, 0.2) is 34.9 Å². The molecule has 24 heavy (non-hydrogen) atoms. The van der Waals surface area contributed by atoms with Gasteiger partial charge in [0.15, 0.2) is 11.5 Å². The van der Waals surface area contributed by atoms with Gasteiger partial charge in [0.1, 0.15) is 0 Å². The van der Waals surface area contributed by atoms with Gasteiger partial charge in [-0.2, -0.15) is 0 Å². The summed E-state index contributed by atoms with van der Waals surface area (Å²) in [7, 11) is 0. The summed E-state index contributed by atoms with van der Waals surface area (Å²) in [6.07, 6.45) is 0.230. The third-order valence-corrected chi connectivity index (χ3v) is 4.10. The summed E-state index contributed by atoms with van der Waals surface area (Å²) in [5.41, 5.74) is -0.102. The van der Waals surface area contributed by atoms with Crippen molar-refractivity contribution in [3.8, 4) is 11.3 Å². The predicted molar refractivity (Wildman–Crippen MR) is 84.8 cm³/mol. The normalized spacial score (nSPS) is 20.0. The quantitative estimate of drug-likeness (QED) is 0.858. The van der Waals surface area contributed by atoms with Crippen LogP contribution in [0.4, 0.5) is 0 Å². The van der Waals surface area contributed by atoms with Crippen LogP contribution < -0.4 is 5.32 Å². The number of nitrogens with zero attached hydrogens (tertiary/aromatic N) is 1. The van der Waals surface area contributed by atoms with Crippen molar-refractivity contribution in [3.05, 3.63) is 41.0 Å². The molecular formula is C16H15ClN2O5. The van der Waals surface area contributed by atoms with Crippen LogP contribution >= 0.6 is 11.6 Å². The van der Waals surface area contributed by atoms with Gasteiger partial charge in [0.25, 0.3) is 5.91 Å². The largest absolute Gasteiger partial charge is 0.481 e. The van der Waals surface area contributed by atoms with Gasteiger partial charge >= 0.3 is 5.97 Å². The van der Waals surface area contributed by atoms with E-state index in [9.17, 15) is 9.59 Å². The van der Waals surface area contributed by atoms with Crippen LogP contribution in [0, 0.1) is 0 Å². The predicted octanol–water partition coefficient (Wildman–Crippen LogP) is 2.36. The van der Waals surface area contributed by atoms with Gasteiger partial charge in [-0.3, -0.25) is 9.59 Å². The number of rotatable bonds is 5. The fourth-order valence-corrected chi connectivity index (χ4v) is 2.74. The Balaban J connectivity index is 1.75. The molecule has 3 rings (SSSR count). The zero-order valence-electron chi connectivity index (χ0n) is 12.6. The fourth-order valence-electron chi connectivity index (χ4n) is 2.62. The van der Waals surface area contributed by atoms with Gasteiger partial charge in [0.05, 0.1) is 18.6 Å². The molecule has 1 saturated heterocycles. The lowest BCUT2D eigenvalue weighted by Gasteiger charge is -2.26. The number of carboxylic acids is 1. The number of aromatic nitrogens is 1. The van der Waals surface area contributed by atoms with Crippen LogP contribution in [-0.4, -0.2) is 40.9 Å². The number of aliphatic carboxylic acids is 1. The number of carbonyl (C=O) groups is 2. The number of benzene rings is 1. The van der Waals surface area contributed by atoms with E-state index in [1.807, 2.05) is 0 Å². The topological polar surface area (TPSA) is 102 Å². The molecule has 0 radical (unpaired) electrons. The lowest BCUT2D eigenvalue weighted by molar-refractivity contribution is -0.138. The van der Waals surface area contributed by atoms with E-state index in [1.54, 1.807) is 24.3 Å². The van der Waals surface area contributed by atoms with E-state index in [0.717, 1.165) is 5.56 Å². The second kappa shape index (κ2) is 6.62. The van der Waals surface area contributed by atoms with Crippen molar-refractivity contribution in [2.45, 2.75) is 18.4 Å². The third-order valence-electron chi connectivity index (χ3n) is 3.84. The SMILES string of the molecule is O=C(O)CC1(NC(=O)c2cc(-c3ccc(Cl)cc3)on2)CCOC1. The molecule has 1 aromatic carbocycles. The van der Waals surface area contributed by atoms with Gasteiger partial charge < -0.3 is 19.7 Å². The summed E-state index contributed by atoms with van der Waals surface area (Å²) >= 11 is 5.84. The number of ether oxygens (including phenoxy) is 1. The van der Waals surface area contributed by atoms with Crippen molar-refractivity contribution >= 4 is 23.5 Å². The highest BCUT2D eigenvalue weighted by molar-refractivity contribution is 6.30. The monoisotopic (exact) mass is 350 g/mol. The molecule has 1 atom stereocenters. The molecular weight excluding hydrogens is 336 g/mol. The smallest absolute Gasteiger partial charge is 0.305 e. The molecule has 1 fully saturated rings. The van der Waals surface area contributed by atoms with Crippen molar-refractivity contribution in [3.63, 3.8) is 0 Å². The van der Waals surface area contributed by atoms with E-state index in [0.29, 0.717) is 23.8 Å². The standard InChI is InChI=1S/C16H15ClN2O5/c17-11-3-1-10(2-4-11)13-7-12(19-24-13)15(22)18-16(8-14(20)21)5-6-23-9-16/h1-4,7H,5-6,8-9H2,(H,18,22)(H,20,21). The van der Waals surface area contributed by atoms with E-state index in [-0.39, 0.29) is 18.7 Å². The molecule has 2 N–H and O–H groups in total. The molecule has 8 heteroatoms. The van der Waals surface area contributed by atoms with Crippen LogP contribution in [0.25, 0.3) is 11.3 Å². The third kappa shape index (κ3) is 3.58. The van der Waals surface area contributed by atoms with E-state index in [2.05, 4.69) is 10.5 Å². The van der Waals surface area contributed by atoms with Crippen molar-refractivity contribution in [1.82, 2.24) is 10.5 Å². The second-order valence-corrected chi connectivity index (χ2v) is 6.13. The summed E-state index contributed by atoms with van der Waals surface area (Å²) in [6, 6.07) is 8.42. The number of carboxylic acid groups (broad SMARTS) is 1. The summed E-state index contributed by atoms with van der Waals surface area (Å²) in [6.45, 7) is 0.565. The Morgan fingerprint density at radius 1 is 1.33 bits per heavy atom. The molecule has 2 heterocycles. The van der Waals surface area contributed by atoms with E-state index < -0.39 is 17.4 Å². The average Bonchev–Trinajstić information content (AvgIpc) is 3.17. The Kier molecular flexibility index (Phi) is 4.55. The average molecular weight is 351 g/mol. The first-order valence-electron chi connectivity index (χ1n) is 7.32. The van der Waals surface area contributed by atoms with E-state index in [4.69, 9.17) is 26.0 Å². The Morgan fingerprint density at radius 3 is 2.71 bits per heavy atom. The minimum Gasteiger partial charge on any atom is -0.481 e. The number of nitrogens with one attached hydrogen (secondary N) is 1. The fraction of sp³-hybridized carbons (Fsp3) is 0.312. The number of hydrogen-bond acceptors (Lipinski definition) is 5. The highest BCUT2D eigenvalue weighted by atomic mass is 35.5. The molecule has 126 valence electrons. The van der Waals surface area contributed by atoms with Crippen molar-refractivity contribution < 1.29 is 24.0 Å². The van der Waals surface area contributed by atoms with Crippen molar-refractivity contribution in [2.24, 2.45) is 0 Å². The lowest BCUT2D eigenvalue weighted by atomic mass is 9.94. The zero-order valence-corrected chi connectivity index (χ0v) is 13.4. The Bertz CT molecular complexity index is 750. The first-order chi connectivity index (χ1) is 11.5. The lowest BCUT2D eigenvalue weighted by Crippen LogP contribution is -2.50. The van der Waals surface area contributed by atoms with Crippen LogP contribution in [0.5, 0.6) is 0 Å². The summed E-state index contributed by atoms with van der Waals surface area (Å²) in [5, 5.41) is 16.1. The van der Waals surface area contributed by atoms with Crippen molar-refractivity contribution in [2.75, 3.05) is 13.2 Å². The summed E-state index contributed by atoms with van der Waals surface area (Å²) in [4.78, 5) is 23.4. The van der Waals surface area contributed by atoms with Gasteiger partial charge in [-0.25, -0.2) is 0 Å². The molecule has 7 nitrogen and oxygen atoms in total. The second-order valence-electron chi connectivity index (χ2n) is 5.69. The minimum atomic E-state index is -0.997. The highest BCUT2D eigenvalue weighted by Crippen LogP contribution is 2.25. The minimum absolute atomic E-state index is 0.0802. The summed E-state index contributed by atoms with van der Waals surface area (Å²) < 4.78 is 10.4. The number of carbonyl (C=O) groups excluding carboxylic acids is 1.